The molecular weight excluding hydrogens is 258 g/mol. The van der Waals surface area contributed by atoms with E-state index in [1.54, 1.807) is 6.07 Å². The van der Waals surface area contributed by atoms with Crippen molar-refractivity contribution in [3.63, 3.8) is 0 Å². The molecule has 0 saturated carbocycles. The van der Waals surface area contributed by atoms with E-state index in [1.807, 2.05) is 18.2 Å². The maximum atomic E-state index is 11.2. The molecule has 1 aromatic rings. The maximum absolute atomic E-state index is 11.2. The minimum absolute atomic E-state index is 0.212. The second-order valence-electron chi connectivity index (χ2n) is 2.85. The normalized spacial score (nSPS) is 9.40. The molecule has 1 amide bonds. The van der Waals surface area contributed by atoms with Crippen LogP contribution in [0, 0.1) is 0 Å². The molecule has 4 heteroatoms. The van der Waals surface area contributed by atoms with E-state index in [0.29, 0.717) is 0 Å². The Morgan fingerprint density at radius 3 is 3.07 bits per heavy atom. The van der Waals surface area contributed by atoms with Gasteiger partial charge in [0.25, 0.3) is 0 Å². The fourth-order valence-corrected chi connectivity index (χ4v) is 1.37. The molecule has 0 aromatic heterocycles. The minimum atomic E-state index is -0.471. The van der Waals surface area contributed by atoms with Crippen LogP contribution in [0.3, 0.4) is 0 Å². The average Bonchev–Trinajstić information content (AvgIpc) is 2.26. The number of hydrogen-bond acceptors (Lipinski definition) is 2. The number of amides is 1. The van der Waals surface area contributed by atoms with Crippen LogP contribution in [0.5, 0.6) is 0 Å². The third kappa shape index (κ3) is 4.16. The van der Waals surface area contributed by atoms with Gasteiger partial charge in [0.2, 0.25) is 0 Å². The van der Waals surface area contributed by atoms with E-state index >= 15 is 0 Å². The van der Waals surface area contributed by atoms with E-state index in [4.69, 9.17) is 4.74 Å². The summed E-state index contributed by atoms with van der Waals surface area (Å²) in [6, 6.07) is 7.53. The van der Waals surface area contributed by atoms with Crippen molar-refractivity contribution >= 4 is 27.7 Å². The van der Waals surface area contributed by atoms with Gasteiger partial charge >= 0.3 is 6.09 Å². The molecule has 1 rings (SSSR count). The number of ether oxygens (including phenoxy) is 1. The van der Waals surface area contributed by atoms with Crippen LogP contribution in [0.15, 0.2) is 36.9 Å². The first-order valence-corrected chi connectivity index (χ1v) is 5.58. The topological polar surface area (TPSA) is 38.3 Å². The zero-order valence-corrected chi connectivity index (χ0v) is 9.79. The number of alkyl halides is 1. The summed E-state index contributed by atoms with van der Waals surface area (Å²) in [7, 11) is 0. The van der Waals surface area contributed by atoms with Crippen LogP contribution in [-0.4, -0.2) is 12.7 Å². The molecular formula is C11H12BrNO2. The molecule has 0 fully saturated rings. The van der Waals surface area contributed by atoms with Gasteiger partial charge in [0.05, 0.1) is 0 Å². The molecule has 80 valence electrons. The zero-order valence-electron chi connectivity index (χ0n) is 8.20. The summed E-state index contributed by atoms with van der Waals surface area (Å²) in [5, 5.41) is 3.38. The number of carbonyl (C=O) groups excluding carboxylic acids is 1. The SMILES string of the molecule is C=CCOC(=O)Nc1cccc(CBr)c1. The summed E-state index contributed by atoms with van der Waals surface area (Å²) in [6.45, 7) is 3.67. The predicted octanol–water partition coefficient (Wildman–Crippen LogP) is 3.32. The number of nitrogens with one attached hydrogen (secondary N) is 1. The van der Waals surface area contributed by atoms with Gasteiger partial charge in [0, 0.05) is 11.0 Å². The first-order valence-electron chi connectivity index (χ1n) is 4.46. The van der Waals surface area contributed by atoms with Gasteiger partial charge in [-0.1, -0.05) is 40.7 Å². The molecule has 0 bridgehead atoms. The van der Waals surface area contributed by atoms with Gasteiger partial charge < -0.3 is 4.74 Å². The Morgan fingerprint density at radius 2 is 2.40 bits per heavy atom. The van der Waals surface area contributed by atoms with Crippen LogP contribution < -0.4 is 5.32 Å². The fourth-order valence-electron chi connectivity index (χ4n) is 1.02. The smallest absolute Gasteiger partial charge is 0.411 e. The molecule has 0 atom stereocenters. The van der Waals surface area contributed by atoms with Crippen molar-refractivity contribution in [1.82, 2.24) is 0 Å². The highest BCUT2D eigenvalue weighted by Gasteiger charge is 2.01. The van der Waals surface area contributed by atoms with Crippen LogP contribution in [0.4, 0.5) is 10.5 Å². The van der Waals surface area contributed by atoms with Crippen molar-refractivity contribution in [2.75, 3.05) is 11.9 Å². The highest BCUT2D eigenvalue weighted by atomic mass is 79.9. The lowest BCUT2D eigenvalue weighted by Crippen LogP contribution is -2.13. The Labute approximate surface area is 97.3 Å². The van der Waals surface area contributed by atoms with E-state index < -0.39 is 6.09 Å². The van der Waals surface area contributed by atoms with Gasteiger partial charge in [-0.05, 0) is 17.7 Å². The van der Waals surface area contributed by atoms with Crippen molar-refractivity contribution in [1.29, 1.82) is 0 Å². The van der Waals surface area contributed by atoms with Crippen LogP contribution in [0.2, 0.25) is 0 Å². The molecule has 1 aromatic carbocycles. The van der Waals surface area contributed by atoms with Crippen molar-refractivity contribution in [3.8, 4) is 0 Å². The first-order chi connectivity index (χ1) is 7.26. The molecule has 0 aliphatic heterocycles. The highest BCUT2D eigenvalue weighted by Crippen LogP contribution is 2.13. The highest BCUT2D eigenvalue weighted by molar-refractivity contribution is 9.08. The summed E-state index contributed by atoms with van der Waals surface area (Å²) in [5.74, 6) is 0. The number of anilines is 1. The molecule has 3 nitrogen and oxygen atoms in total. The number of carbonyl (C=O) groups is 1. The van der Waals surface area contributed by atoms with E-state index in [1.165, 1.54) is 6.08 Å². The number of rotatable bonds is 4. The average molecular weight is 270 g/mol. The van der Waals surface area contributed by atoms with Crippen molar-refractivity contribution < 1.29 is 9.53 Å². The Bertz CT molecular complexity index is 352. The molecule has 1 N–H and O–H groups in total. The number of halogens is 1. The largest absolute Gasteiger partial charge is 0.445 e. The van der Waals surface area contributed by atoms with Gasteiger partial charge in [-0.25, -0.2) is 4.79 Å². The molecule has 0 aliphatic rings. The monoisotopic (exact) mass is 269 g/mol. The van der Waals surface area contributed by atoms with Gasteiger partial charge in [-0.15, -0.1) is 0 Å². The Balaban J connectivity index is 2.55. The van der Waals surface area contributed by atoms with Crippen molar-refractivity contribution in [3.05, 3.63) is 42.5 Å². The van der Waals surface area contributed by atoms with Crippen LogP contribution in [0.25, 0.3) is 0 Å². The van der Waals surface area contributed by atoms with Crippen LogP contribution >= 0.6 is 15.9 Å². The molecule has 0 unspecified atom stereocenters. The van der Waals surface area contributed by atoms with Gasteiger partial charge in [0.1, 0.15) is 6.61 Å². The van der Waals surface area contributed by atoms with Gasteiger partial charge in [0.15, 0.2) is 0 Å². The van der Waals surface area contributed by atoms with E-state index in [0.717, 1.165) is 16.6 Å². The summed E-state index contributed by atoms with van der Waals surface area (Å²) in [5.41, 5.74) is 1.82. The summed E-state index contributed by atoms with van der Waals surface area (Å²) in [4.78, 5) is 11.2. The molecule has 0 heterocycles. The Morgan fingerprint density at radius 1 is 1.60 bits per heavy atom. The molecule has 0 saturated heterocycles. The molecule has 0 radical (unpaired) electrons. The minimum Gasteiger partial charge on any atom is -0.445 e. The van der Waals surface area contributed by atoms with Crippen molar-refractivity contribution in [2.24, 2.45) is 0 Å². The second kappa shape index (κ2) is 6.24. The van der Waals surface area contributed by atoms with Gasteiger partial charge in [-0.3, -0.25) is 5.32 Å². The van der Waals surface area contributed by atoms with Crippen LogP contribution in [0.1, 0.15) is 5.56 Å². The van der Waals surface area contributed by atoms with Crippen LogP contribution in [-0.2, 0) is 10.1 Å². The van der Waals surface area contributed by atoms with Gasteiger partial charge in [-0.2, -0.15) is 0 Å². The van der Waals surface area contributed by atoms with E-state index in [-0.39, 0.29) is 6.61 Å². The fraction of sp³-hybridized carbons (Fsp3) is 0.182. The second-order valence-corrected chi connectivity index (χ2v) is 3.41. The molecule has 0 aliphatic carbocycles. The lowest BCUT2D eigenvalue weighted by Gasteiger charge is -2.05. The molecule has 0 spiro atoms. The predicted molar refractivity (Wildman–Crippen MR) is 64.2 cm³/mol. The third-order valence-corrected chi connectivity index (χ3v) is 2.31. The first kappa shape index (κ1) is 11.8. The van der Waals surface area contributed by atoms with E-state index in [9.17, 15) is 4.79 Å². The van der Waals surface area contributed by atoms with E-state index in [2.05, 4.69) is 27.8 Å². The standard InChI is InChI=1S/C11H12BrNO2/c1-2-6-15-11(14)13-10-5-3-4-9(7-10)8-12/h2-5,7H,1,6,8H2,(H,13,14). The zero-order chi connectivity index (χ0) is 11.1. The number of benzene rings is 1. The summed E-state index contributed by atoms with van der Waals surface area (Å²) in [6.07, 6.45) is 1.05. The van der Waals surface area contributed by atoms with Crippen molar-refractivity contribution in [2.45, 2.75) is 5.33 Å². The lowest BCUT2D eigenvalue weighted by molar-refractivity contribution is 0.174. The quantitative estimate of drug-likeness (QED) is 0.673. The lowest BCUT2D eigenvalue weighted by atomic mass is 10.2. The summed E-state index contributed by atoms with van der Waals surface area (Å²) >= 11 is 3.34. The maximum Gasteiger partial charge on any atom is 0.411 e. The summed E-state index contributed by atoms with van der Waals surface area (Å²) < 4.78 is 4.79. The Hall–Kier alpha value is -1.29. The molecule has 15 heavy (non-hydrogen) atoms. The third-order valence-electron chi connectivity index (χ3n) is 1.66. The number of hydrogen-bond donors (Lipinski definition) is 1. The Kier molecular flexibility index (Phi) is 4.90.